The normalized spacial score (nSPS) is 11.6. The number of hydrogen-bond donors (Lipinski definition) is 2. The van der Waals surface area contributed by atoms with Gasteiger partial charge in [0.1, 0.15) is 0 Å². The van der Waals surface area contributed by atoms with Gasteiger partial charge in [0.2, 0.25) is 0 Å². The lowest BCUT2D eigenvalue weighted by Gasteiger charge is -2.11. The van der Waals surface area contributed by atoms with Crippen molar-refractivity contribution in [1.82, 2.24) is 20.4 Å². The highest BCUT2D eigenvalue weighted by Crippen LogP contribution is 1.95. The van der Waals surface area contributed by atoms with Crippen molar-refractivity contribution in [2.24, 2.45) is 12.0 Å². The smallest absolute Gasteiger partial charge is 0.191 e. The second-order valence-electron chi connectivity index (χ2n) is 3.65. The Balaban J connectivity index is 2.26. The van der Waals surface area contributed by atoms with Gasteiger partial charge in [-0.2, -0.15) is 16.9 Å². The first-order valence-corrected chi connectivity index (χ1v) is 7.07. The monoisotopic (exact) mass is 255 g/mol. The van der Waals surface area contributed by atoms with Gasteiger partial charge in [-0.05, 0) is 24.5 Å². The molecule has 6 heteroatoms. The Morgan fingerprint density at radius 2 is 2.35 bits per heavy atom. The largest absolute Gasteiger partial charge is 0.356 e. The van der Waals surface area contributed by atoms with Crippen LogP contribution in [0.25, 0.3) is 0 Å². The third-order valence-corrected chi connectivity index (χ3v) is 3.10. The van der Waals surface area contributed by atoms with Crippen LogP contribution >= 0.6 is 11.8 Å². The number of aryl methyl sites for hydroxylation is 1. The van der Waals surface area contributed by atoms with E-state index in [-0.39, 0.29) is 0 Å². The Morgan fingerprint density at radius 1 is 1.53 bits per heavy atom. The van der Waals surface area contributed by atoms with Crippen molar-refractivity contribution in [3.05, 3.63) is 18.0 Å². The van der Waals surface area contributed by atoms with Gasteiger partial charge in [-0.3, -0.25) is 9.67 Å². The molecule has 2 N–H and O–H groups in total. The zero-order chi connectivity index (χ0) is 12.5. The summed E-state index contributed by atoms with van der Waals surface area (Å²) in [5, 5.41) is 10.7. The number of aromatic nitrogens is 2. The molecule has 1 rings (SSSR count). The van der Waals surface area contributed by atoms with Crippen LogP contribution in [0.2, 0.25) is 0 Å². The van der Waals surface area contributed by atoms with Crippen molar-refractivity contribution in [2.45, 2.75) is 13.0 Å². The highest BCUT2D eigenvalue weighted by Gasteiger charge is 2.00. The van der Waals surface area contributed by atoms with Crippen LogP contribution in [0.4, 0.5) is 0 Å². The molecule has 0 atom stereocenters. The van der Waals surface area contributed by atoms with Crippen molar-refractivity contribution in [3.63, 3.8) is 0 Å². The van der Waals surface area contributed by atoms with E-state index in [0.717, 1.165) is 31.2 Å². The van der Waals surface area contributed by atoms with Crippen LogP contribution in [0, 0.1) is 0 Å². The standard InChI is InChI=1S/C11H21N5S/c1-12-11(13-6-4-8-17-3)14-9-10-5-7-15-16(10)2/h5,7H,4,6,8-9H2,1-3H3,(H2,12,13,14). The molecule has 1 heterocycles. The number of hydrogen-bond acceptors (Lipinski definition) is 3. The Labute approximate surface area is 107 Å². The number of guanidine groups is 1. The number of nitrogens with zero attached hydrogens (tertiary/aromatic N) is 3. The summed E-state index contributed by atoms with van der Waals surface area (Å²) in [5.41, 5.74) is 1.14. The van der Waals surface area contributed by atoms with Gasteiger partial charge < -0.3 is 10.6 Å². The first-order chi connectivity index (χ1) is 8.27. The van der Waals surface area contributed by atoms with Gasteiger partial charge in [0, 0.05) is 26.8 Å². The second kappa shape index (κ2) is 8.00. The predicted octanol–water partition coefficient (Wildman–Crippen LogP) is 0.838. The lowest BCUT2D eigenvalue weighted by molar-refractivity contribution is 0.683. The summed E-state index contributed by atoms with van der Waals surface area (Å²) in [4.78, 5) is 4.17. The van der Waals surface area contributed by atoms with E-state index >= 15 is 0 Å². The predicted molar refractivity (Wildman–Crippen MR) is 74.4 cm³/mol. The van der Waals surface area contributed by atoms with E-state index in [9.17, 15) is 0 Å². The van der Waals surface area contributed by atoms with Crippen LogP contribution in [-0.4, -0.2) is 41.3 Å². The Bertz CT molecular complexity index is 347. The molecular weight excluding hydrogens is 234 g/mol. The lowest BCUT2D eigenvalue weighted by Crippen LogP contribution is -2.37. The molecule has 0 saturated heterocycles. The molecule has 0 fully saturated rings. The fraction of sp³-hybridized carbons (Fsp3) is 0.636. The maximum absolute atomic E-state index is 4.17. The van der Waals surface area contributed by atoms with Gasteiger partial charge in [-0.25, -0.2) is 0 Å². The fourth-order valence-corrected chi connectivity index (χ4v) is 1.83. The molecule has 0 aromatic carbocycles. The quantitative estimate of drug-likeness (QED) is 0.449. The molecule has 0 aliphatic carbocycles. The van der Waals surface area contributed by atoms with Gasteiger partial charge in [0.25, 0.3) is 0 Å². The van der Waals surface area contributed by atoms with E-state index in [0.29, 0.717) is 0 Å². The highest BCUT2D eigenvalue weighted by atomic mass is 32.2. The molecule has 96 valence electrons. The van der Waals surface area contributed by atoms with E-state index < -0.39 is 0 Å². The summed E-state index contributed by atoms with van der Waals surface area (Å²) in [6.07, 6.45) is 5.06. The molecule has 0 saturated carbocycles. The summed E-state index contributed by atoms with van der Waals surface area (Å²) in [7, 11) is 3.72. The Morgan fingerprint density at radius 3 is 2.94 bits per heavy atom. The summed E-state index contributed by atoms with van der Waals surface area (Å²) >= 11 is 1.86. The SMILES string of the molecule is CN=C(NCCCSC)NCc1ccnn1C. The van der Waals surface area contributed by atoms with Gasteiger partial charge in [0.05, 0.1) is 12.2 Å². The summed E-state index contributed by atoms with van der Waals surface area (Å²) in [6.45, 7) is 1.69. The van der Waals surface area contributed by atoms with Gasteiger partial charge in [0.15, 0.2) is 5.96 Å². The minimum Gasteiger partial charge on any atom is -0.356 e. The molecule has 0 amide bonds. The average molecular weight is 255 g/mol. The molecule has 0 bridgehead atoms. The zero-order valence-electron chi connectivity index (χ0n) is 10.7. The van der Waals surface area contributed by atoms with Crippen molar-refractivity contribution in [3.8, 4) is 0 Å². The van der Waals surface area contributed by atoms with Crippen LogP contribution in [0.1, 0.15) is 12.1 Å². The Hall–Kier alpha value is -1.17. The van der Waals surface area contributed by atoms with Crippen LogP contribution in [0.15, 0.2) is 17.3 Å². The number of aliphatic imine (C=N–C) groups is 1. The van der Waals surface area contributed by atoms with Gasteiger partial charge in [-0.15, -0.1) is 0 Å². The summed E-state index contributed by atoms with van der Waals surface area (Å²) in [6, 6.07) is 1.99. The third-order valence-electron chi connectivity index (χ3n) is 2.40. The van der Waals surface area contributed by atoms with E-state index in [1.165, 1.54) is 5.75 Å². The highest BCUT2D eigenvalue weighted by molar-refractivity contribution is 7.98. The van der Waals surface area contributed by atoms with Crippen molar-refractivity contribution in [2.75, 3.05) is 25.6 Å². The minimum atomic E-state index is 0.735. The molecule has 0 unspecified atom stereocenters. The van der Waals surface area contributed by atoms with Crippen molar-refractivity contribution >= 4 is 17.7 Å². The number of thioether (sulfide) groups is 1. The molecule has 0 radical (unpaired) electrons. The maximum Gasteiger partial charge on any atom is 0.191 e. The number of rotatable bonds is 6. The maximum atomic E-state index is 4.17. The zero-order valence-corrected chi connectivity index (χ0v) is 11.5. The molecule has 17 heavy (non-hydrogen) atoms. The molecule has 1 aromatic rings. The molecule has 0 aliphatic heterocycles. The first kappa shape index (κ1) is 13.9. The van der Waals surface area contributed by atoms with Gasteiger partial charge >= 0.3 is 0 Å². The van der Waals surface area contributed by atoms with Crippen LogP contribution in [0.5, 0.6) is 0 Å². The van der Waals surface area contributed by atoms with Crippen LogP contribution in [-0.2, 0) is 13.6 Å². The first-order valence-electron chi connectivity index (χ1n) is 5.68. The van der Waals surface area contributed by atoms with E-state index in [4.69, 9.17) is 0 Å². The molecule has 0 aliphatic rings. The minimum absolute atomic E-state index is 0.735. The van der Waals surface area contributed by atoms with E-state index in [1.807, 2.05) is 29.6 Å². The van der Waals surface area contributed by atoms with E-state index in [1.54, 1.807) is 13.2 Å². The molecule has 0 spiro atoms. The topological polar surface area (TPSA) is 54.2 Å². The van der Waals surface area contributed by atoms with E-state index in [2.05, 4.69) is 27.0 Å². The average Bonchev–Trinajstić information content (AvgIpc) is 2.74. The Kier molecular flexibility index (Phi) is 6.54. The van der Waals surface area contributed by atoms with Crippen LogP contribution < -0.4 is 10.6 Å². The molecule has 5 nitrogen and oxygen atoms in total. The lowest BCUT2D eigenvalue weighted by atomic mass is 10.4. The van der Waals surface area contributed by atoms with Crippen molar-refractivity contribution in [1.29, 1.82) is 0 Å². The van der Waals surface area contributed by atoms with Gasteiger partial charge in [-0.1, -0.05) is 0 Å². The van der Waals surface area contributed by atoms with Crippen molar-refractivity contribution < 1.29 is 0 Å². The summed E-state index contributed by atoms with van der Waals surface area (Å²) in [5.74, 6) is 2.01. The fourth-order valence-electron chi connectivity index (χ4n) is 1.39. The molecule has 1 aromatic heterocycles. The number of nitrogens with one attached hydrogen (secondary N) is 2. The third kappa shape index (κ3) is 5.12. The second-order valence-corrected chi connectivity index (χ2v) is 4.63. The molecular formula is C11H21N5S. The summed E-state index contributed by atoms with van der Waals surface area (Å²) < 4.78 is 1.86. The van der Waals surface area contributed by atoms with Crippen LogP contribution in [0.3, 0.4) is 0 Å².